The highest BCUT2D eigenvalue weighted by Crippen LogP contribution is 2.22. The Morgan fingerprint density at radius 1 is 1.32 bits per heavy atom. The summed E-state index contributed by atoms with van der Waals surface area (Å²) >= 11 is 1.14. The molecule has 0 saturated carbocycles. The standard InChI is InChI=1S/C19H20FN3O4S/c1-2-27-18(26)15-11-28-19(21-15)22-16(24)13-4-3-9-23(10-13)17(25)12-5-7-14(20)8-6-12/h5-8,11,13H,2-4,9-10H2,1H3,(H,21,22,24)/t13-/m1/s1. The van der Waals surface area contributed by atoms with E-state index in [-0.39, 0.29) is 36.6 Å². The molecule has 2 aromatic rings. The van der Waals surface area contributed by atoms with Crippen molar-refractivity contribution in [3.05, 3.63) is 46.7 Å². The molecule has 0 spiro atoms. The zero-order chi connectivity index (χ0) is 20.1. The highest BCUT2D eigenvalue weighted by atomic mass is 32.1. The Balaban J connectivity index is 1.60. The second kappa shape index (κ2) is 8.92. The summed E-state index contributed by atoms with van der Waals surface area (Å²) in [6.07, 6.45) is 1.34. The molecule has 1 N–H and O–H groups in total. The summed E-state index contributed by atoms with van der Waals surface area (Å²) in [5, 5.41) is 4.55. The number of halogens is 1. The van der Waals surface area contributed by atoms with Crippen LogP contribution < -0.4 is 5.32 Å². The number of hydrogen-bond acceptors (Lipinski definition) is 6. The van der Waals surface area contributed by atoms with Crippen LogP contribution in [0, 0.1) is 11.7 Å². The van der Waals surface area contributed by atoms with Crippen molar-refractivity contribution in [2.45, 2.75) is 19.8 Å². The van der Waals surface area contributed by atoms with Crippen LogP contribution in [0.25, 0.3) is 0 Å². The minimum Gasteiger partial charge on any atom is -0.461 e. The highest BCUT2D eigenvalue weighted by Gasteiger charge is 2.29. The van der Waals surface area contributed by atoms with Crippen molar-refractivity contribution in [2.75, 3.05) is 25.0 Å². The number of amides is 2. The second-order valence-corrected chi connectivity index (χ2v) is 7.20. The number of esters is 1. The quantitative estimate of drug-likeness (QED) is 0.773. The molecule has 0 unspecified atom stereocenters. The molecule has 2 heterocycles. The molecule has 2 amide bonds. The Kier molecular flexibility index (Phi) is 6.35. The van der Waals surface area contributed by atoms with Crippen LogP contribution >= 0.6 is 11.3 Å². The fourth-order valence-corrected chi connectivity index (χ4v) is 3.67. The monoisotopic (exact) mass is 405 g/mol. The lowest BCUT2D eigenvalue weighted by Gasteiger charge is -2.32. The lowest BCUT2D eigenvalue weighted by molar-refractivity contribution is -0.121. The van der Waals surface area contributed by atoms with Crippen LogP contribution in [-0.2, 0) is 9.53 Å². The van der Waals surface area contributed by atoms with Gasteiger partial charge < -0.3 is 15.0 Å². The van der Waals surface area contributed by atoms with Crippen molar-refractivity contribution in [3.63, 3.8) is 0 Å². The summed E-state index contributed by atoms with van der Waals surface area (Å²) in [5.41, 5.74) is 0.542. The van der Waals surface area contributed by atoms with Gasteiger partial charge in [0, 0.05) is 24.0 Å². The third-order valence-electron chi connectivity index (χ3n) is 4.39. The zero-order valence-corrected chi connectivity index (χ0v) is 16.1. The molecule has 0 aliphatic carbocycles. The molecule has 9 heteroatoms. The van der Waals surface area contributed by atoms with Crippen LogP contribution in [0.1, 0.15) is 40.6 Å². The third-order valence-corrected chi connectivity index (χ3v) is 5.15. The fourth-order valence-electron chi connectivity index (χ4n) is 2.99. The van der Waals surface area contributed by atoms with E-state index in [0.717, 1.165) is 11.3 Å². The third kappa shape index (κ3) is 4.72. The number of aromatic nitrogens is 1. The van der Waals surface area contributed by atoms with Gasteiger partial charge in [-0.05, 0) is 44.0 Å². The number of hydrogen-bond donors (Lipinski definition) is 1. The van der Waals surface area contributed by atoms with Gasteiger partial charge in [0.1, 0.15) is 5.82 Å². The van der Waals surface area contributed by atoms with E-state index in [1.807, 2.05) is 0 Å². The Morgan fingerprint density at radius 3 is 2.79 bits per heavy atom. The van der Waals surface area contributed by atoms with Crippen molar-refractivity contribution in [3.8, 4) is 0 Å². The molecule has 1 aromatic heterocycles. The number of nitrogens with one attached hydrogen (secondary N) is 1. The van der Waals surface area contributed by atoms with Gasteiger partial charge in [0.2, 0.25) is 5.91 Å². The Morgan fingerprint density at radius 2 is 2.07 bits per heavy atom. The first-order valence-corrected chi connectivity index (χ1v) is 9.84. The smallest absolute Gasteiger partial charge is 0.357 e. The predicted molar refractivity (Wildman–Crippen MR) is 102 cm³/mol. The van der Waals surface area contributed by atoms with E-state index in [4.69, 9.17) is 4.74 Å². The first-order chi connectivity index (χ1) is 13.5. The predicted octanol–water partition coefficient (Wildman–Crippen LogP) is 2.95. The number of thiazole rings is 1. The molecule has 1 atom stereocenters. The fraction of sp³-hybridized carbons (Fsp3) is 0.368. The molecular weight excluding hydrogens is 385 g/mol. The molecule has 0 bridgehead atoms. The number of rotatable bonds is 5. The molecule has 1 saturated heterocycles. The normalized spacial score (nSPS) is 16.5. The largest absolute Gasteiger partial charge is 0.461 e. The maximum atomic E-state index is 13.1. The molecule has 3 rings (SSSR count). The van der Waals surface area contributed by atoms with Gasteiger partial charge in [-0.1, -0.05) is 0 Å². The van der Waals surface area contributed by atoms with Crippen LogP contribution in [0.2, 0.25) is 0 Å². The van der Waals surface area contributed by atoms with Crippen molar-refractivity contribution in [1.29, 1.82) is 0 Å². The summed E-state index contributed by atoms with van der Waals surface area (Å²) < 4.78 is 17.9. The first kappa shape index (κ1) is 19.9. The number of carbonyl (C=O) groups excluding carboxylic acids is 3. The number of anilines is 1. The molecule has 7 nitrogen and oxygen atoms in total. The topological polar surface area (TPSA) is 88.6 Å². The number of nitrogens with zero attached hydrogens (tertiary/aromatic N) is 2. The maximum absolute atomic E-state index is 13.1. The average Bonchev–Trinajstić information content (AvgIpc) is 3.17. The highest BCUT2D eigenvalue weighted by molar-refractivity contribution is 7.14. The number of piperidine rings is 1. The molecule has 1 aliphatic rings. The molecule has 28 heavy (non-hydrogen) atoms. The van der Waals surface area contributed by atoms with E-state index in [2.05, 4.69) is 10.3 Å². The van der Waals surface area contributed by atoms with Gasteiger partial charge in [0.25, 0.3) is 5.91 Å². The number of carbonyl (C=O) groups is 3. The summed E-state index contributed by atoms with van der Waals surface area (Å²) in [6.45, 7) is 2.77. The minimum absolute atomic E-state index is 0.152. The Labute approximate surface area is 165 Å². The van der Waals surface area contributed by atoms with E-state index >= 15 is 0 Å². The van der Waals surface area contributed by atoms with E-state index in [1.165, 1.54) is 29.6 Å². The molecule has 1 aromatic carbocycles. The van der Waals surface area contributed by atoms with Crippen LogP contribution in [0.5, 0.6) is 0 Å². The van der Waals surface area contributed by atoms with Crippen molar-refractivity contribution in [2.24, 2.45) is 5.92 Å². The second-order valence-electron chi connectivity index (χ2n) is 6.34. The van der Waals surface area contributed by atoms with Crippen LogP contribution in [0.4, 0.5) is 9.52 Å². The lowest BCUT2D eigenvalue weighted by Crippen LogP contribution is -2.43. The van der Waals surface area contributed by atoms with Crippen LogP contribution in [0.3, 0.4) is 0 Å². The summed E-state index contributed by atoms with van der Waals surface area (Å²) in [7, 11) is 0. The van der Waals surface area contributed by atoms with Crippen molar-refractivity contribution >= 4 is 34.3 Å². The minimum atomic E-state index is -0.534. The van der Waals surface area contributed by atoms with Crippen molar-refractivity contribution in [1.82, 2.24) is 9.88 Å². The SMILES string of the molecule is CCOC(=O)c1csc(NC(=O)[C@@H]2CCCN(C(=O)c3ccc(F)cc3)C2)n1. The zero-order valence-electron chi connectivity index (χ0n) is 15.3. The molecule has 1 fully saturated rings. The van der Waals surface area contributed by atoms with Gasteiger partial charge in [-0.3, -0.25) is 9.59 Å². The summed E-state index contributed by atoms with van der Waals surface area (Å²) in [5.74, 6) is -1.79. The molecule has 1 aliphatic heterocycles. The summed E-state index contributed by atoms with van der Waals surface area (Å²) in [4.78, 5) is 42.5. The van der Waals surface area contributed by atoms with Gasteiger partial charge in [-0.2, -0.15) is 0 Å². The first-order valence-electron chi connectivity index (χ1n) is 8.96. The van der Waals surface area contributed by atoms with E-state index in [9.17, 15) is 18.8 Å². The Hall–Kier alpha value is -2.81. The molecule has 148 valence electrons. The Bertz CT molecular complexity index is 868. The number of likely N-dealkylation sites (tertiary alicyclic amines) is 1. The van der Waals surface area contributed by atoms with Gasteiger partial charge in [-0.15, -0.1) is 11.3 Å². The number of benzene rings is 1. The van der Waals surface area contributed by atoms with Crippen LogP contribution in [0.15, 0.2) is 29.6 Å². The van der Waals surface area contributed by atoms with Gasteiger partial charge in [0.15, 0.2) is 10.8 Å². The van der Waals surface area contributed by atoms with E-state index in [0.29, 0.717) is 30.1 Å². The van der Waals surface area contributed by atoms with Crippen LogP contribution in [-0.4, -0.2) is 47.4 Å². The van der Waals surface area contributed by atoms with Gasteiger partial charge in [-0.25, -0.2) is 14.2 Å². The van der Waals surface area contributed by atoms with Gasteiger partial charge >= 0.3 is 5.97 Å². The average molecular weight is 405 g/mol. The number of ether oxygens (including phenoxy) is 1. The van der Waals surface area contributed by atoms with Crippen molar-refractivity contribution < 1.29 is 23.5 Å². The lowest BCUT2D eigenvalue weighted by atomic mass is 9.96. The van der Waals surface area contributed by atoms with Gasteiger partial charge in [0.05, 0.1) is 12.5 Å². The van der Waals surface area contributed by atoms with E-state index in [1.54, 1.807) is 11.8 Å². The maximum Gasteiger partial charge on any atom is 0.357 e. The van der Waals surface area contributed by atoms with E-state index < -0.39 is 11.8 Å². The molecule has 0 radical (unpaired) electrons. The molecular formula is C19H20FN3O4S. The summed E-state index contributed by atoms with van der Waals surface area (Å²) in [6, 6.07) is 5.36.